The summed E-state index contributed by atoms with van der Waals surface area (Å²) in [6, 6.07) is 20.1. The van der Waals surface area contributed by atoms with Crippen LogP contribution in [0.3, 0.4) is 0 Å². The molecule has 2 aromatic carbocycles. The van der Waals surface area contributed by atoms with Gasteiger partial charge >= 0.3 is 0 Å². The molecule has 3 heteroatoms. The lowest BCUT2D eigenvalue weighted by molar-refractivity contribution is -0.124. The van der Waals surface area contributed by atoms with E-state index in [1.54, 1.807) is 0 Å². The zero-order chi connectivity index (χ0) is 17.0. The van der Waals surface area contributed by atoms with Crippen LogP contribution in [0.5, 0.6) is 0 Å². The van der Waals surface area contributed by atoms with Crippen molar-refractivity contribution < 1.29 is 4.79 Å². The average Bonchev–Trinajstić information content (AvgIpc) is 2.64. The normalized spacial score (nSPS) is 19.1. The number of nitrogens with two attached hydrogens (primary N) is 1. The topological polar surface area (TPSA) is 46.3 Å². The lowest BCUT2D eigenvalue weighted by Crippen LogP contribution is -2.53. The molecule has 1 atom stereocenters. The van der Waals surface area contributed by atoms with E-state index in [0.717, 1.165) is 43.6 Å². The molecule has 1 aliphatic rings. The highest BCUT2D eigenvalue weighted by atomic mass is 16.1. The van der Waals surface area contributed by atoms with Crippen LogP contribution in [0.25, 0.3) is 0 Å². The summed E-state index contributed by atoms with van der Waals surface area (Å²) < 4.78 is 0. The van der Waals surface area contributed by atoms with Crippen LogP contribution >= 0.6 is 0 Å². The molecule has 1 unspecified atom stereocenters. The van der Waals surface area contributed by atoms with E-state index in [0.29, 0.717) is 0 Å². The molecule has 0 aromatic heterocycles. The van der Waals surface area contributed by atoms with Gasteiger partial charge in [-0.25, -0.2) is 0 Å². The molecule has 0 aliphatic carbocycles. The van der Waals surface area contributed by atoms with Gasteiger partial charge in [-0.2, -0.15) is 0 Å². The first-order chi connectivity index (χ1) is 11.7. The molecule has 0 spiro atoms. The quantitative estimate of drug-likeness (QED) is 0.919. The van der Waals surface area contributed by atoms with E-state index >= 15 is 0 Å². The van der Waals surface area contributed by atoms with Gasteiger partial charge in [0, 0.05) is 6.54 Å². The minimum absolute atomic E-state index is 0.188. The molecule has 1 heterocycles. The molecule has 1 saturated heterocycles. The van der Waals surface area contributed by atoms with Gasteiger partial charge in [0.05, 0.1) is 0 Å². The number of rotatable bonds is 5. The molecule has 2 N–H and O–H groups in total. The van der Waals surface area contributed by atoms with Crippen LogP contribution in [-0.2, 0) is 10.2 Å². The molecular formula is C21H26N2O. The van der Waals surface area contributed by atoms with Crippen LogP contribution in [0, 0.1) is 5.92 Å². The van der Waals surface area contributed by atoms with Gasteiger partial charge in [0.1, 0.15) is 5.41 Å². The van der Waals surface area contributed by atoms with Gasteiger partial charge in [-0.05, 0) is 43.0 Å². The summed E-state index contributed by atoms with van der Waals surface area (Å²) >= 11 is 0. The van der Waals surface area contributed by atoms with Gasteiger partial charge in [-0.3, -0.25) is 4.79 Å². The summed E-state index contributed by atoms with van der Waals surface area (Å²) in [7, 11) is 0. The van der Waals surface area contributed by atoms with Crippen molar-refractivity contribution >= 4 is 5.91 Å². The molecule has 1 fully saturated rings. The summed E-state index contributed by atoms with van der Waals surface area (Å²) in [5, 5.41) is 0. The molecule has 1 amide bonds. The van der Waals surface area contributed by atoms with E-state index in [2.05, 4.69) is 11.8 Å². The first-order valence-electron chi connectivity index (χ1n) is 8.83. The number of nitrogens with zero attached hydrogens (tertiary/aromatic N) is 1. The van der Waals surface area contributed by atoms with E-state index in [1.807, 2.05) is 60.7 Å². The number of likely N-dealkylation sites (tertiary alicyclic amines) is 1. The Morgan fingerprint density at radius 3 is 2.08 bits per heavy atom. The second kappa shape index (κ2) is 7.18. The summed E-state index contributed by atoms with van der Waals surface area (Å²) in [4.78, 5) is 15.3. The Bertz CT molecular complexity index is 629. The molecule has 3 rings (SSSR count). The van der Waals surface area contributed by atoms with Crippen molar-refractivity contribution in [2.24, 2.45) is 11.7 Å². The van der Waals surface area contributed by atoms with Crippen molar-refractivity contribution in [2.45, 2.75) is 25.2 Å². The molecule has 0 saturated carbocycles. The highest BCUT2D eigenvalue weighted by molar-refractivity contribution is 5.91. The number of carbonyl (C=O) groups excluding carboxylic acids is 1. The smallest absolute Gasteiger partial charge is 0.232 e. The summed E-state index contributed by atoms with van der Waals surface area (Å²) in [6.07, 6.45) is 2.12. The van der Waals surface area contributed by atoms with Crippen LogP contribution in [0.2, 0.25) is 0 Å². The Labute approximate surface area is 144 Å². The maximum atomic E-state index is 12.9. The van der Waals surface area contributed by atoms with Crippen molar-refractivity contribution in [2.75, 3.05) is 19.6 Å². The van der Waals surface area contributed by atoms with Crippen molar-refractivity contribution in [3.05, 3.63) is 71.8 Å². The van der Waals surface area contributed by atoms with Crippen LogP contribution in [0.1, 0.15) is 30.9 Å². The predicted octanol–water partition coefficient (Wildman–Crippen LogP) is 3.19. The Kier molecular flexibility index (Phi) is 5.00. The highest BCUT2D eigenvalue weighted by Gasteiger charge is 2.48. The predicted molar refractivity (Wildman–Crippen MR) is 97.7 cm³/mol. The number of piperidine rings is 1. The molecule has 1 aliphatic heterocycles. The fraction of sp³-hybridized carbons (Fsp3) is 0.381. The van der Waals surface area contributed by atoms with E-state index in [9.17, 15) is 4.79 Å². The van der Waals surface area contributed by atoms with Gasteiger partial charge in [0.2, 0.25) is 5.91 Å². The Balaban J connectivity index is 2.17. The number of primary amides is 1. The monoisotopic (exact) mass is 322 g/mol. The summed E-state index contributed by atoms with van der Waals surface area (Å²) in [6.45, 7) is 5.20. The third kappa shape index (κ3) is 2.84. The SMILES string of the molecule is CCN1CCCC(C(C(N)=O)(c2ccccc2)c2ccccc2)C1. The zero-order valence-electron chi connectivity index (χ0n) is 14.3. The van der Waals surface area contributed by atoms with Gasteiger partial charge in [0.25, 0.3) is 0 Å². The maximum absolute atomic E-state index is 12.9. The van der Waals surface area contributed by atoms with E-state index in [-0.39, 0.29) is 11.8 Å². The summed E-state index contributed by atoms with van der Waals surface area (Å²) in [5.74, 6) is -0.0589. The zero-order valence-corrected chi connectivity index (χ0v) is 14.3. The van der Waals surface area contributed by atoms with Gasteiger partial charge in [0.15, 0.2) is 0 Å². The molecule has 0 bridgehead atoms. The Morgan fingerprint density at radius 1 is 1.08 bits per heavy atom. The number of carbonyl (C=O) groups is 1. The first kappa shape index (κ1) is 16.7. The second-order valence-corrected chi connectivity index (χ2v) is 6.64. The van der Waals surface area contributed by atoms with Gasteiger partial charge in [-0.1, -0.05) is 67.6 Å². The molecule has 3 nitrogen and oxygen atoms in total. The molecule has 126 valence electrons. The molecule has 2 aromatic rings. The van der Waals surface area contributed by atoms with Crippen molar-refractivity contribution in [3.8, 4) is 0 Å². The van der Waals surface area contributed by atoms with Crippen molar-refractivity contribution in [1.29, 1.82) is 0 Å². The average molecular weight is 322 g/mol. The highest BCUT2D eigenvalue weighted by Crippen LogP contribution is 2.43. The lowest BCUT2D eigenvalue weighted by atomic mass is 9.63. The van der Waals surface area contributed by atoms with Crippen molar-refractivity contribution in [3.63, 3.8) is 0 Å². The van der Waals surface area contributed by atoms with Crippen molar-refractivity contribution in [1.82, 2.24) is 4.90 Å². The van der Waals surface area contributed by atoms with E-state index < -0.39 is 5.41 Å². The van der Waals surface area contributed by atoms with Crippen LogP contribution in [-0.4, -0.2) is 30.4 Å². The molecule has 24 heavy (non-hydrogen) atoms. The van der Waals surface area contributed by atoms with E-state index in [1.165, 1.54) is 0 Å². The molecular weight excluding hydrogens is 296 g/mol. The van der Waals surface area contributed by atoms with Crippen LogP contribution in [0.4, 0.5) is 0 Å². The summed E-state index contributed by atoms with van der Waals surface area (Å²) in [5.41, 5.74) is 7.34. The Morgan fingerprint density at radius 2 is 1.62 bits per heavy atom. The lowest BCUT2D eigenvalue weighted by Gasteiger charge is -2.44. The van der Waals surface area contributed by atoms with Gasteiger partial charge < -0.3 is 10.6 Å². The number of benzene rings is 2. The maximum Gasteiger partial charge on any atom is 0.232 e. The third-order valence-corrected chi connectivity index (χ3v) is 5.41. The fourth-order valence-electron chi connectivity index (χ4n) is 4.22. The fourth-order valence-corrected chi connectivity index (χ4v) is 4.22. The minimum atomic E-state index is -0.767. The largest absolute Gasteiger partial charge is 0.369 e. The van der Waals surface area contributed by atoms with E-state index in [4.69, 9.17) is 5.73 Å². The van der Waals surface area contributed by atoms with Gasteiger partial charge in [-0.15, -0.1) is 0 Å². The second-order valence-electron chi connectivity index (χ2n) is 6.64. The van der Waals surface area contributed by atoms with Crippen LogP contribution in [0.15, 0.2) is 60.7 Å². The number of amides is 1. The van der Waals surface area contributed by atoms with Crippen LogP contribution < -0.4 is 5.73 Å². The minimum Gasteiger partial charge on any atom is -0.369 e. The standard InChI is InChI=1S/C21H26N2O/c1-2-23-15-9-14-19(16-23)21(20(22)24,17-10-5-3-6-11-17)18-12-7-4-8-13-18/h3-8,10-13,19H,2,9,14-16H2,1H3,(H2,22,24). The first-order valence-corrected chi connectivity index (χ1v) is 8.83. The number of hydrogen-bond acceptors (Lipinski definition) is 2. The Hall–Kier alpha value is -2.13. The molecule has 0 radical (unpaired) electrons. The third-order valence-electron chi connectivity index (χ3n) is 5.41. The number of hydrogen-bond donors (Lipinski definition) is 1.